The van der Waals surface area contributed by atoms with Crippen molar-refractivity contribution in [3.05, 3.63) is 28.8 Å². The number of sulfonamides is 1. The summed E-state index contributed by atoms with van der Waals surface area (Å²) in [7, 11) is -3.71. The molecule has 0 saturated heterocycles. The molecule has 0 fully saturated rings. The highest BCUT2D eigenvalue weighted by molar-refractivity contribution is 7.98. The van der Waals surface area contributed by atoms with Crippen LogP contribution < -0.4 is 4.72 Å². The van der Waals surface area contributed by atoms with Crippen molar-refractivity contribution in [2.24, 2.45) is 0 Å². The van der Waals surface area contributed by atoms with Crippen LogP contribution in [0.5, 0.6) is 0 Å². The predicted octanol–water partition coefficient (Wildman–Crippen LogP) is 2.04. The average Bonchev–Trinajstić information content (AvgIpc) is 2.26. The molecule has 108 valence electrons. The SMILES string of the molecule is CSCC(C)(O)CNS(=O)(=O)c1ccc(C)cc1Cl. The Balaban J connectivity index is 2.87. The van der Waals surface area contributed by atoms with Crippen molar-refractivity contribution in [1.82, 2.24) is 4.72 Å². The van der Waals surface area contributed by atoms with Crippen molar-refractivity contribution in [3.63, 3.8) is 0 Å². The fourth-order valence-corrected chi connectivity index (χ4v) is 4.00. The van der Waals surface area contributed by atoms with E-state index in [0.29, 0.717) is 5.75 Å². The number of halogens is 1. The minimum Gasteiger partial charge on any atom is -0.388 e. The van der Waals surface area contributed by atoms with Crippen LogP contribution in [0.2, 0.25) is 5.02 Å². The van der Waals surface area contributed by atoms with Crippen LogP contribution in [-0.2, 0) is 10.0 Å². The molecule has 2 N–H and O–H groups in total. The molecule has 0 aliphatic carbocycles. The Morgan fingerprint density at radius 2 is 2.11 bits per heavy atom. The van der Waals surface area contributed by atoms with Crippen molar-refractivity contribution in [2.75, 3.05) is 18.6 Å². The molecule has 0 amide bonds. The average molecular weight is 324 g/mol. The molecule has 19 heavy (non-hydrogen) atoms. The second-order valence-electron chi connectivity index (χ2n) is 4.69. The first kappa shape index (κ1) is 16.8. The Labute approximate surface area is 123 Å². The smallest absolute Gasteiger partial charge is 0.242 e. The van der Waals surface area contributed by atoms with E-state index in [0.717, 1.165) is 5.56 Å². The fourth-order valence-electron chi connectivity index (χ4n) is 1.51. The summed E-state index contributed by atoms with van der Waals surface area (Å²) in [5.74, 6) is 0.442. The molecule has 0 saturated carbocycles. The first-order valence-electron chi connectivity index (χ1n) is 5.65. The number of rotatable bonds is 6. The third-order valence-electron chi connectivity index (χ3n) is 2.48. The molecule has 0 aromatic heterocycles. The molecule has 4 nitrogen and oxygen atoms in total. The first-order chi connectivity index (χ1) is 8.68. The Morgan fingerprint density at radius 3 is 2.63 bits per heavy atom. The normalized spacial score (nSPS) is 15.2. The van der Waals surface area contributed by atoms with Crippen LogP contribution in [0.4, 0.5) is 0 Å². The first-order valence-corrected chi connectivity index (χ1v) is 8.90. The number of hydrogen-bond donors (Lipinski definition) is 2. The molecule has 0 heterocycles. The van der Waals surface area contributed by atoms with E-state index in [2.05, 4.69) is 4.72 Å². The number of aryl methyl sites for hydroxylation is 1. The van der Waals surface area contributed by atoms with Gasteiger partial charge in [-0.15, -0.1) is 0 Å². The summed E-state index contributed by atoms with van der Waals surface area (Å²) in [6.07, 6.45) is 1.85. The molecule has 0 spiro atoms. The summed E-state index contributed by atoms with van der Waals surface area (Å²) in [4.78, 5) is 0.0275. The van der Waals surface area contributed by atoms with Crippen LogP contribution in [0.15, 0.2) is 23.1 Å². The van der Waals surface area contributed by atoms with Gasteiger partial charge in [-0.05, 0) is 37.8 Å². The second-order valence-corrected chi connectivity index (χ2v) is 7.70. The highest BCUT2D eigenvalue weighted by Gasteiger charge is 2.24. The highest BCUT2D eigenvalue weighted by atomic mass is 35.5. The zero-order chi connectivity index (χ0) is 14.7. The maximum Gasteiger partial charge on any atom is 0.242 e. The van der Waals surface area contributed by atoms with Crippen LogP contribution in [0, 0.1) is 6.92 Å². The van der Waals surface area contributed by atoms with Crippen molar-refractivity contribution >= 4 is 33.4 Å². The number of nitrogens with one attached hydrogen (secondary N) is 1. The molecule has 0 aliphatic heterocycles. The molecular formula is C12H18ClNO3S2. The third kappa shape index (κ3) is 4.96. The van der Waals surface area contributed by atoms with Crippen molar-refractivity contribution in [3.8, 4) is 0 Å². The lowest BCUT2D eigenvalue weighted by Gasteiger charge is -2.22. The van der Waals surface area contributed by atoms with Crippen LogP contribution in [0.25, 0.3) is 0 Å². The highest BCUT2D eigenvalue weighted by Crippen LogP contribution is 2.22. The third-order valence-corrected chi connectivity index (χ3v) is 5.27. The van der Waals surface area contributed by atoms with Crippen molar-refractivity contribution in [1.29, 1.82) is 0 Å². The summed E-state index contributed by atoms with van der Waals surface area (Å²) >= 11 is 7.39. The van der Waals surface area contributed by atoms with E-state index in [1.807, 2.05) is 13.2 Å². The van der Waals surface area contributed by atoms with Gasteiger partial charge in [0.1, 0.15) is 4.90 Å². The molecule has 7 heteroatoms. The van der Waals surface area contributed by atoms with Gasteiger partial charge >= 0.3 is 0 Å². The molecule has 0 bridgehead atoms. The topological polar surface area (TPSA) is 66.4 Å². The monoisotopic (exact) mass is 323 g/mol. The maximum absolute atomic E-state index is 12.1. The molecular weight excluding hydrogens is 306 g/mol. The standard InChI is InChI=1S/C12H18ClNO3S2/c1-9-4-5-11(10(13)6-9)19(16,17)14-7-12(2,15)8-18-3/h4-6,14-15H,7-8H2,1-3H3. The number of thioether (sulfide) groups is 1. The summed E-state index contributed by atoms with van der Waals surface area (Å²) < 4.78 is 26.6. The zero-order valence-corrected chi connectivity index (χ0v) is 13.5. The number of benzene rings is 1. The lowest BCUT2D eigenvalue weighted by Crippen LogP contribution is -2.42. The predicted molar refractivity (Wildman–Crippen MR) is 80.4 cm³/mol. The van der Waals surface area contributed by atoms with E-state index in [1.54, 1.807) is 19.1 Å². The van der Waals surface area contributed by atoms with Gasteiger partial charge in [-0.2, -0.15) is 11.8 Å². The van der Waals surface area contributed by atoms with E-state index in [4.69, 9.17) is 11.6 Å². The maximum atomic E-state index is 12.1. The van der Waals surface area contributed by atoms with Gasteiger partial charge in [0.25, 0.3) is 0 Å². The second kappa shape index (κ2) is 6.45. The van der Waals surface area contributed by atoms with Crippen LogP contribution in [0.1, 0.15) is 12.5 Å². The minimum absolute atomic E-state index is 0.0275. The van der Waals surface area contributed by atoms with Gasteiger partial charge in [0.2, 0.25) is 10.0 Å². The van der Waals surface area contributed by atoms with Gasteiger partial charge < -0.3 is 5.11 Å². The largest absolute Gasteiger partial charge is 0.388 e. The van der Waals surface area contributed by atoms with Gasteiger partial charge in [-0.3, -0.25) is 0 Å². The fraction of sp³-hybridized carbons (Fsp3) is 0.500. The summed E-state index contributed by atoms with van der Waals surface area (Å²) in [6, 6.07) is 4.74. The minimum atomic E-state index is -3.71. The van der Waals surface area contributed by atoms with Gasteiger partial charge in [0, 0.05) is 12.3 Å². The molecule has 0 radical (unpaired) electrons. The molecule has 0 aliphatic rings. The Bertz CT molecular complexity index is 544. The van der Waals surface area contributed by atoms with Gasteiger partial charge in [-0.1, -0.05) is 17.7 Å². The van der Waals surface area contributed by atoms with E-state index in [-0.39, 0.29) is 16.5 Å². The van der Waals surface area contributed by atoms with Crippen LogP contribution >= 0.6 is 23.4 Å². The van der Waals surface area contributed by atoms with E-state index in [9.17, 15) is 13.5 Å². The summed E-state index contributed by atoms with van der Waals surface area (Å²) in [5.41, 5.74) is -0.206. The Kier molecular flexibility index (Phi) is 5.70. The number of hydrogen-bond acceptors (Lipinski definition) is 4. The van der Waals surface area contributed by atoms with E-state index >= 15 is 0 Å². The Hall–Kier alpha value is -0.270. The van der Waals surface area contributed by atoms with Gasteiger partial charge in [0.05, 0.1) is 10.6 Å². The molecule has 1 atom stereocenters. The van der Waals surface area contributed by atoms with Gasteiger partial charge in [-0.25, -0.2) is 13.1 Å². The summed E-state index contributed by atoms with van der Waals surface area (Å²) in [5, 5.41) is 10.1. The van der Waals surface area contributed by atoms with Crippen LogP contribution in [0.3, 0.4) is 0 Å². The molecule has 1 rings (SSSR count). The van der Waals surface area contributed by atoms with Crippen LogP contribution in [-0.4, -0.2) is 37.7 Å². The van der Waals surface area contributed by atoms with E-state index in [1.165, 1.54) is 17.8 Å². The van der Waals surface area contributed by atoms with Crippen molar-refractivity contribution < 1.29 is 13.5 Å². The van der Waals surface area contributed by atoms with Gasteiger partial charge in [0.15, 0.2) is 0 Å². The molecule has 1 unspecified atom stereocenters. The Morgan fingerprint density at radius 1 is 1.47 bits per heavy atom. The number of aliphatic hydroxyl groups is 1. The molecule has 1 aromatic carbocycles. The molecule has 1 aromatic rings. The zero-order valence-electron chi connectivity index (χ0n) is 11.1. The van der Waals surface area contributed by atoms with Crippen molar-refractivity contribution in [2.45, 2.75) is 24.3 Å². The lowest BCUT2D eigenvalue weighted by molar-refractivity contribution is 0.0908. The quantitative estimate of drug-likeness (QED) is 0.840. The van der Waals surface area contributed by atoms with E-state index < -0.39 is 15.6 Å². The summed E-state index contributed by atoms with van der Waals surface area (Å²) in [6.45, 7) is 3.36. The lowest BCUT2D eigenvalue weighted by atomic mass is 10.1.